The quantitative estimate of drug-likeness (QED) is 0.880. The average molecular weight is 331 g/mol. The molecule has 0 fully saturated rings. The first-order chi connectivity index (χ1) is 11.5. The van der Waals surface area contributed by atoms with Crippen LogP contribution < -0.4 is 0 Å². The lowest BCUT2D eigenvalue weighted by molar-refractivity contribution is -0.142. The molecule has 1 atom stereocenters. The highest BCUT2D eigenvalue weighted by molar-refractivity contribution is 5.79. The Kier molecular flexibility index (Phi) is 5.89. The van der Waals surface area contributed by atoms with Gasteiger partial charge in [0.2, 0.25) is 0 Å². The first-order valence-corrected chi connectivity index (χ1v) is 7.42. The highest BCUT2D eigenvalue weighted by Crippen LogP contribution is 2.13. The minimum absolute atomic E-state index is 0.0334. The summed E-state index contributed by atoms with van der Waals surface area (Å²) in [7, 11) is 0. The van der Waals surface area contributed by atoms with E-state index in [1.807, 2.05) is 18.2 Å². The molecule has 0 aromatic heterocycles. The molecule has 0 bridgehead atoms. The first kappa shape index (κ1) is 17.5. The Hall–Kier alpha value is -2.89. The van der Waals surface area contributed by atoms with Gasteiger partial charge < -0.3 is 9.84 Å². The van der Waals surface area contributed by atoms with Crippen molar-refractivity contribution in [1.82, 2.24) is 4.90 Å². The zero-order valence-corrected chi connectivity index (χ0v) is 13.2. The van der Waals surface area contributed by atoms with Crippen molar-refractivity contribution in [1.29, 1.82) is 0 Å². The molecule has 1 amide bonds. The van der Waals surface area contributed by atoms with E-state index in [0.717, 1.165) is 10.5 Å². The van der Waals surface area contributed by atoms with Crippen molar-refractivity contribution in [2.75, 3.05) is 0 Å². The van der Waals surface area contributed by atoms with Gasteiger partial charge in [-0.05, 0) is 30.2 Å². The van der Waals surface area contributed by atoms with Gasteiger partial charge in [-0.1, -0.05) is 42.5 Å². The van der Waals surface area contributed by atoms with E-state index in [0.29, 0.717) is 5.56 Å². The van der Waals surface area contributed by atoms with Crippen molar-refractivity contribution in [3.8, 4) is 0 Å². The monoisotopic (exact) mass is 331 g/mol. The van der Waals surface area contributed by atoms with Gasteiger partial charge in [-0.25, -0.2) is 14.0 Å². The molecule has 2 rings (SSSR count). The molecular weight excluding hydrogens is 313 g/mol. The van der Waals surface area contributed by atoms with Gasteiger partial charge in [0.15, 0.2) is 0 Å². The van der Waals surface area contributed by atoms with Gasteiger partial charge >= 0.3 is 12.1 Å². The molecule has 24 heavy (non-hydrogen) atoms. The lowest BCUT2D eigenvalue weighted by Gasteiger charge is -2.26. The molecule has 0 saturated carbocycles. The van der Waals surface area contributed by atoms with Crippen molar-refractivity contribution >= 4 is 12.1 Å². The molecular formula is C18H18FNO4. The number of hydrogen-bond acceptors (Lipinski definition) is 3. The van der Waals surface area contributed by atoms with E-state index in [1.54, 1.807) is 18.2 Å². The van der Waals surface area contributed by atoms with Gasteiger partial charge in [-0.15, -0.1) is 0 Å². The van der Waals surface area contributed by atoms with Gasteiger partial charge in [0.05, 0.1) is 6.54 Å². The number of halogens is 1. The van der Waals surface area contributed by atoms with Crippen LogP contribution in [0.5, 0.6) is 0 Å². The maximum absolute atomic E-state index is 13.3. The normalized spacial score (nSPS) is 11.6. The fourth-order valence-corrected chi connectivity index (χ4v) is 2.13. The lowest BCUT2D eigenvalue weighted by Crippen LogP contribution is -2.43. The van der Waals surface area contributed by atoms with Crippen LogP contribution in [-0.2, 0) is 22.7 Å². The number of carboxylic acids is 1. The van der Waals surface area contributed by atoms with Crippen LogP contribution in [0.15, 0.2) is 54.6 Å². The first-order valence-electron chi connectivity index (χ1n) is 7.42. The SMILES string of the molecule is CC(C(=O)O)N(Cc1cccc(F)c1)C(=O)OCc1ccccc1. The summed E-state index contributed by atoms with van der Waals surface area (Å²) in [5, 5.41) is 9.20. The van der Waals surface area contributed by atoms with Gasteiger partial charge in [0, 0.05) is 0 Å². The zero-order valence-electron chi connectivity index (χ0n) is 13.2. The molecule has 0 saturated heterocycles. The van der Waals surface area contributed by atoms with E-state index in [4.69, 9.17) is 4.74 Å². The van der Waals surface area contributed by atoms with Crippen molar-refractivity contribution in [2.24, 2.45) is 0 Å². The van der Waals surface area contributed by atoms with E-state index >= 15 is 0 Å². The summed E-state index contributed by atoms with van der Waals surface area (Å²) < 4.78 is 18.5. The van der Waals surface area contributed by atoms with E-state index in [1.165, 1.54) is 25.1 Å². The summed E-state index contributed by atoms with van der Waals surface area (Å²) in [6.45, 7) is 1.36. The van der Waals surface area contributed by atoms with Crippen LogP contribution in [0.25, 0.3) is 0 Å². The second-order valence-corrected chi connectivity index (χ2v) is 5.31. The third-order valence-electron chi connectivity index (χ3n) is 3.51. The molecule has 2 aromatic carbocycles. The summed E-state index contributed by atoms with van der Waals surface area (Å²) in [5.41, 5.74) is 1.28. The Morgan fingerprint density at radius 1 is 1.12 bits per heavy atom. The largest absolute Gasteiger partial charge is 0.480 e. The Morgan fingerprint density at radius 2 is 1.79 bits per heavy atom. The van der Waals surface area contributed by atoms with Crippen molar-refractivity contribution in [2.45, 2.75) is 26.1 Å². The fourth-order valence-electron chi connectivity index (χ4n) is 2.13. The molecule has 0 aliphatic carbocycles. The average Bonchev–Trinajstić information content (AvgIpc) is 2.58. The minimum Gasteiger partial charge on any atom is -0.480 e. The predicted molar refractivity (Wildman–Crippen MR) is 85.7 cm³/mol. The number of carboxylic acid groups (broad SMARTS) is 1. The topological polar surface area (TPSA) is 66.8 Å². The number of carbonyl (C=O) groups excluding carboxylic acids is 1. The van der Waals surface area contributed by atoms with Gasteiger partial charge in [-0.2, -0.15) is 0 Å². The van der Waals surface area contributed by atoms with E-state index in [-0.39, 0.29) is 13.2 Å². The van der Waals surface area contributed by atoms with Crippen molar-refractivity contribution < 1.29 is 23.8 Å². The van der Waals surface area contributed by atoms with Gasteiger partial charge in [-0.3, -0.25) is 4.90 Å². The third kappa shape index (κ3) is 4.81. The molecule has 0 radical (unpaired) electrons. The molecule has 2 aromatic rings. The number of carbonyl (C=O) groups is 2. The van der Waals surface area contributed by atoms with Crippen molar-refractivity contribution in [3.63, 3.8) is 0 Å². The van der Waals surface area contributed by atoms with Crippen LogP contribution in [0.4, 0.5) is 9.18 Å². The van der Waals surface area contributed by atoms with Gasteiger partial charge in [0.25, 0.3) is 0 Å². The second-order valence-electron chi connectivity index (χ2n) is 5.31. The molecule has 6 heteroatoms. The van der Waals surface area contributed by atoms with E-state index in [2.05, 4.69) is 0 Å². The molecule has 1 unspecified atom stereocenters. The van der Waals surface area contributed by atoms with Crippen LogP contribution in [0.3, 0.4) is 0 Å². The highest BCUT2D eigenvalue weighted by Gasteiger charge is 2.27. The minimum atomic E-state index is -1.16. The molecule has 0 aliphatic rings. The molecule has 126 valence electrons. The van der Waals surface area contributed by atoms with Crippen LogP contribution in [-0.4, -0.2) is 28.1 Å². The number of nitrogens with zero attached hydrogens (tertiary/aromatic N) is 1. The lowest BCUT2D eigenvalue weighted by atomic mass is 10.2. The van der Waals surface area contributed by atoms with E-state index in [9.17, 15) is 19.1 Å². The number of hydrogen-bond donors (Lipinski definition) is 1. The maximum atomic E-state index is 13.3. The molecule has 0 spiro atoms. The number of ether oxygens (including phenoxy) is 1. The number of benzene rings is 2. The Morgan fingerprint density at radius 3 is 2.42 bits per heavy atom. The molecule has 5 nitrogen and oxygen atoms in total. The summed E-state index contributed by atoms with van der Waals surface area (Å²) in [6.07, 6.45) is -0.766. The predicted octanol–water partition coefficient (Wildman–Crippen LogP) is 3.44. The summed E-state index contributed by atoms with van der Waals surface area (Å²) in [6, 6.07) is 13.6. The number of amides is 1. The summed E-state index contributed by atoms with van der Waals surface area (Å²) in [4.78, 5) is 24.6. The number of aliphatic carboxylic acids is 1. The van der Waals surface area contributed by atoms with E-state index < -0.39 is 23.9 Å². The Balaban J connectivity index is 2.10. The number of rotatable bonds is 6. The third-order valence-corrected chi connectivity index (χ3v) is 3.51. The van der Waals surface area contributed by atoms with Crippen LogP contribution in [0.2, 0.25) is 0 Å². The van der Waals surface area contributed by atoms with Crippen LogP contribution in [0.1, 0.15) is 18.1 Å². The summed E-state index contributed by atoms with van der Waals surface area (Å²) in [5.74, 6) is -1.61. The Labute approximate surface area is 139 Å². The smallest absolute Gasteiger partial charge is 0.411 e. The standard InChI is InChI=1S/C18H18FNO4/c1-13(17(21)22)20(11-15-8-5-9-16(19)10-15)18(23)24-12-14-6-3-2-4-7-14/h2-10,13H,11-12H2,1H3,(H,21,22). The summed E-state index contributed by atoms with van der Waals surface area (Å²) >= 11 is 0. The molecule has 1 N–H and O–H groups in total. The zero-order chi connectivity index (χ0) is 17.5. The maximum Gasteiger partial charge on any atom is 0.411 e. The van der Waals surface area contributed by atoms with Crippen LogP contribution >= 0.6 is 0 Å². The second kappa shape index (κ2) is 8.10. The Bertz CT molecular complexity index is 705. The fraction of sp³-hybridized carbons (Fsp3) is 0.222. The highest BCUT2D eigenvalue weighted by atomic mass is 19.1. The van der Waals surface area contributed by atoms with Gasteiger partial charge in [0.1, 0.15) is 18.5 Å². The molecule has 0 heterocycles. The van der Waals surface area contributed by atoms with Crippen LogP contribution in [0, 0.1) is 5.82 Å². The van der Waals surface area contributed by atoms with Crippen molar-refractivity contribution in [3.05, 3.63) is 71.5 Å². The molecule has 0 aliphatic heterocycles.